The van der Waals surface area contributed by atoms with Crippen molar-refractivity contribution in [2.75, 3.05) is 37.3 Å². The molecule has 0 spiro atoms. The Morgan fingerprint density at radius 2 is 2.33 bits per heavy atom. The molecule has 18 heavy (non-hydrogen) atoms. The number of aromatic nitrogens is 2. The standard InChI is InChI=1S/C13H23N5/c1-4-18-7-5-6-11(18)9-17(3)12-10(2)8-15-13(14)16-12/h8,11H,4-7,9H2,1-3H3,(H2,14,15,16). The second-order valence-electron chi connectivity index (χ2n) is 5.04. The van der Waals surface area contributed by atoms with Gasteiger partial charge in [-0.25, -0.2) is 4.98 Å². The Hall–Kier alpha value is -1.36. The molecule has 0 saturated carbocycles. The second kappa shape index (κ2) is 5.52. The van der Waals surface area contributed by atoms with E-state index in [0.29, 0.717) is 12.0 Å². The fourth-order valence-electron chi connectivity index (χ4n) is 2.75. The van der Waals surface area contributed by atoms with E-state index < -0.39 is 0 Å². The molecule has 1 aromatic rings. The molecule has 2 N–H and O–H groups in total. The molecule has 0 bridgehead atoms. The van der Waals surface area contributed by atoms with Gasteiger partial charge in [0.1, 0.15) is 5.82 Å². The van der Waals surface area contributed by atoms with E-state index in [0.717, 1.165) is 24.5 Å². The van der Waals surface area contributed by atoms with Gasteiger partial charge in [0.05, 0.1) is 0 Å². The molecule has 5 heteroatoms. The fourth-order valence-corrected chi connectivity index (χ4v) is 2.75. The summed E-state index contributed by atoms with van der Waals surface area (Å²) in [4.78, 5) is 13.1. The molecule has 1 aliphatic rings. The molecule has 1 fully saturated rings. The lowest BCUT2D eigenvalue weighted by Gasteiger charge is -2.29. The normalized spacial score (nSPS) is 20.3. The molecule has 100 valence electrons. The summed E-state index contributed by atoms with van der Waals surface area (Å²) in [5.41, 5.74) is 6.74. The number of nitrogen functional groups attached to an aromatic ring is 1. The summed E-state index contributed by atoms with van der Waals surface area (Å²) in [6.45, 7) is 7.61. The molecule has 0 aliphatic carbocycles. The van der Waals surface area contributed by atoms with Crippen molar-refractivity contribution in [1.82, 2.24) is 14.9 Å². The van der Waals surface area contributed by atoms with Crippen molar-refractivity contribution >= 4 is 11.8 Å². The Morgan fingerprint density at radius 3 is 3.06 bits per heavy atom. The predicted octanol–water partition coefficient (Wildman–Crippen LogP) is 1.29. The fraction of sp³-hybridized carbons (Fsp3) is 0.692. The summed E-state index contributed by atoms with van der Waals surface area (Å²) in [6.07, 6.45) is 4.37. The van der Waals surface area contributed by atoms with Crippen LogP contribution < -0.4 is 10.6 Å². The van der Waals surface area contributed by atoms with Crippen LogP contribution in [0.1, 0.15) is 25.3 Å². The van der Waals surface area contributed by atoms with Crippen LogP contribution in [0.4, 0.5) is 11.8 Å². The Bertz CT molecular complexity index is 406. The Labute approximate surface area is 109 Å². The Morgan fingerprint density at radius 1 is 1.56 bits per heavy atom. The van der Waals surface area contributed by atoms with E-state index in [2.05, 4.69) is 33.7 Å². The Kier molecular flexibility index (Phi) is 4.01. The van der Waals surface area contributed by atoms with Gasteiger partial charge in [0, 0.05) is 31.4 Å². The van der Waals surface area contributed by atoms with Crippen molar-refractivity contribution < 1.29 is 0 Å². The van der Waals surface area contributed by atoms with Gasteiger partial charge in [-0.3, -0.25) is 4.90 Å². The third kappa shape index (κ3) is 2.72. The van der Waals surface area contributed by atoms with Crippen molar-refractivity contribution in [2.24, 2.45) is 0 Å². The van der Waals surface area contributed by atoms with E-state index in [-0.39, 0.29) is 0 Å². The average Bonchev–Trinajstić information content (AvgIpc) is 2.79. The highest BCUT2D eigenvalue weighted by Crippen LogP contribution is 2.21. The summed E-state index contributed by atoms with van der Waals surface area (Å²) >= 11 is 0. The highest BCUT2D eigenvalue weighted by molar-refractivity contribution is 5.47. The van der Waals surface area contributed by atoms with Gasteiger partial charge in [0.2, 0.25) is 5.95 Å². The van der Waals surface area contributed by atoms with Crippen LogP contribution in [0.15, 0.2) is 6.20 Å². The molecule has 1 atom stereocenters. The number of anilines is 2. The number of likely N-dealkylation sites (tertiary alicyclic amines) is 1. The molecule has 1 aliphatic heterocycles. The monoisotopic (exact) mass is 249 g/mol. The van der Waals surface area contributed by atoms with Gasteiger partial charge in [-0.2, -0.15) is 4.98 Å². The topological polar surface area (TPSA) is 58.3 Å². The van der Waals surface area contributed by atoms with Crippen molar-refractivity contribution in [3.05, 3.63) is 11.8 Å². The number of rotatable bonds is 4. The lowest BCUT2D eigenvalue weighted by atomic mass is 10.2. The van der Waals surface area contributed by atoms with Gasteiger partial charge in [-0.15, -0.1) is 0 Å². The zero-order valence-corrected chi connectivity index (χ0v) is 11.6. The zero-order chi connectivity index (χ0) is 13.1. The minimum absolute atomic E-state index is 0.348. The summed E-state index contributed by atoms with van der Waals surface area (Å²) in [6, 6.07) is 0.635. The van der Waals surface area contributed by atoms with Crippen LogP contribution in [0.5, 0.6) is 0 Å². The molecule has 2 rings (SSSR count). The SMILES string of the molecule is CCN1CCCC1CN(C)c1nc(N)ncc1C. The van der Waals surface area contributed by atoms with Crippen molar-refractivity contribution in [3.8, 4) is 0 Å². The number of hydrogen-bond acceptors (Lipinski definition) is 5. The largest absolute Gasteiger partial charge is 0.368 e. The van der Waals surface area contributed by atoms with E-state index in [9.17, 15) is 0 Å². The minimum atomic E-state index is 0.348. The quantitative estimate of drug-likeness (QED) is 0.871. The number of hydrogen-bond donors (Lipinski definition) is 1. The van der Waals surface area contributed by atoms with E-state index in [4.69, 9.17) is 5.73 Å². The summed E-state index contributed by atoms with van der Waals surface area (Å²) in [7, 11) is 2.08. The number of nitrogens with zero attached hydrogens (tertiary/aromatic N) is 4. The zero-order valence-electron chi connectivity index (χ0n) is 11.6. The van der Waals surface area contributed by atoms with Crippen LogP contribution >= 0.6 is 0 Å². The molecule has 5 nitrogen and oxygen atoms in total. The first-order chi connectivity index (χ1) is 8.61. The van der Waals surface area contributed by atoms with E-state index >= 15 is 0 Å². The van der Waals surface area contributed by atoms with Gasteiger partial charge in [0.15, 0.2) is 0 Å². The summed E-state index contributed by atoms with van der Waals surface area (Å²) < 4.78 is 0. The lowest BCUT2D eigenvalue weighted by molar-refractivity contribution is 0.270. The first kappa shape index (κ1) is 13.1. The molecule has 1 unspecified atom stereocenters. The smallest absolute Gasteiger partial charge is 0.221 e. The average molecular weight is 249 g/mol. The third-order valence-electron chi connectivity index (χ3n) is 3.72. The second-order valence-corrected chi connectivity index (χ2v) is 5.04. The first-order valence-electron chi connectivity index (χ1n) is 6.66. The molecule has 1 aromatic heterocycles. The highest BCUT2D eigenvalue weighted by atomic mass is 15.3. The third-order valence-corrected chi connectivity index (χ3v) is 3.72. The molecular formula is C13H23N5. The maximum atomic E-state index is 5.67. The molecule has 0 amide bonds. The molecular weight excluding hydrogens is 226 g/mol. The number of aryl methyl sites for hydroxylation is 1. The van der Waals surface area contributed by atoms with Gasteiger partial charge in [-0.1, -0.05) is 6.92 Å². The van der Waals surface area contributed by atoms with Crippen molar-refractivity contribution in [1.29, 1.82) is 0 Å². The van der Waals surface area contributed by atoms with Crippen molar-refractivity contribution in [3.63, 3.8) is 0 Å². The van der Waals surface area contributed by atoms with E-state index in [1.54, 1.807) is 6.20 Å². The van der Waals surface area contributed by atoms with Crippen LogP contribution in [0.2, 0.25) is 0 Å². The van der Waals surface area contributed by atoms with E-state index in [1.165, 1.54) is 19.4 Å². The predicted molar refractivity (Wildman–Crippen MR) is 74.7 cm³/mol. The molecule has 1 saturated heterocycles. The van der Waals surface area contributed by atoms with Crippen LogP contribution in [0.25, 0.3) is 0 Å². The van der Waals surface area contributed by atoms with Crippen LogP contribution in [0, 0.1) is 6.92 Å². The minimum Gasteiger partial charge on any atom is -0.368 e. The van der Waals surface area contributed by atoms with Gasteiger partial charge in [-0.05, 0) is 32.9 Å². The summed E-state index contributed by atoms with van der Waals surface area (Å²) in [5.74, 6) is 1.30. The van der Waals surface area contributed by atoms with Gasteiger partial charge in [0.25, 0.3) is 0 Å². The maximum Gasteiger partial charge on any atom is 0.221 e. The number of nitrogens with two attached hydrogens (primary N) is 1. The number of likely N-dealkylation sites (N-methyl/N-ethyl adjacent to an activating group) is 2. The van der Waals surface area contributed by atoms with Gasteiger partial charge >= 0.3 is 0 Å². The molecule has 0 radical (unpaired) electrons. The highest BCUT2D eigenvalue weighted by Gasteiger charge is 2.24. The lowest BCUT2D eigenvalue weighted by Crippen LogP contribution is -2.39. The van der Waals surface area contributed by atoms with Crippen molar-refractivity contribution in [2.45, 2.75) is 32.7 Å². The van der Waals surface area contributed by atoms with Crippen LogP contribution in [-0.2, 0) is 0 Å². The first-order valence-corrected chi connectivity index (χ1v) is 6.66. The molecule has 2 heterocycles. The van der Waals surface area contributed by atoms with Crippen LogP contribution in [-0.4, -0.2) is 47.6 Å². The maximum absolute atomic E-state index is 5.67. The molecule has 0 aromatic carbocycles. The summed E-state index contributed by atoms with van der Waals surface area (Å²) in [5, 5.41) is 0. The Balaban J connectivity index is 2.07. The van der Waals surface area contributed by atoms with Gasteiger partial charge < -0.3 is 10.6 Å². The van der Waals surface area contributed by atoms with E-state index in [1.807, 2.05) is 6.92 Å². The van der Waals surface area contributed by atoms with Crippen LogP contribution in [0.3, 0.4) is 0 Å².